The van der Waals surface area contributed by atoms with E-state index in [1.807, 2.05) is 32.2 Å². The Bertz CT molecular complexity index is 816. The van der Waals surface area contributed by atoms with Crippen LogP contribution in [0.3, 0.4) is 0 Å². The maximum Gasteiger partial charge on any atom is 0.269 e. The second-order valence-corrected chi connectivity index (χ2v) is 7.05. The van der Waals surface area contributed by atoms with Crippen molar-refractivity contribution in [3.8, 4) is 0 Å². The molecule has 2 atom stereocenters. The number of likely N-dealkylation sites (tertiary alicyclic amines) is 1. The summed E-state index contributed by atoms with van der Waals surface area (Å²) in [5, 5.41) is 10.9. The molecule has 0 spiro atoms. The van der Waals surface area contributed by atoms with Gasteiger partial charge in [0, 0.05) is 31.8 Å². The lowest BCUT2D eigenvalue weighted by Gasteiger charge is -2.37. The molecule has 2 aromatic rings. The highest BCUT2D eigenvalue weighted by Gasteiger charge is 2.32. The number of nitro benzene ring substituents is 1. The Morgan fingerprint density at radius 2 is 1.96 bits per heavy atom. The number of nitrogens with zero attached hydrogens (tertiary/aromatic N) is 3. The molecule has 150 valence electrons. The number of carbonyl (C=O) groups is 1. The minimum atomic E-state index is -0.436. The average Bonchev–Trinajstić information content (AvgIpc) is 3.17. The highest BCUT2D eigenvalue weighted by atomic mass is 35.5. The van der Waals surface area contributed by atoms with Crippen LogP contribution in [0.2, 0.25) is 0 Å². The van der Waals surface area contributed by atoms with Gasteiger partial charge < -0.3 is 4.90 Å². The molecule has 1 heterocycles. The summed E-state index contributed by atoms with van der Waals surface area (Å²) in [4.78, 5) is 27.4. The molecule has 6 nitrogen and oxygen atoms in total. The Labute approximate surface area is 171 Å². The third kappa shape index (κ3) is 4.88. The number of non-ortho nitro benzene ring substituents is 1. The highest BCUT2D eigenvalue weighted by molar-refractivity contribution is 5.85. The van der Waals surface area contributed by atoms with Gasteiger partial charge in [-0.3, -0.25) is 19.8 Å². The van der Waals surface area contributed by atoms with Gasteiger partial charge in [0.05, 0.1) is 17.5 Å². The molecule has 28 heavy (non-hydrogen) atoms. The van der Waals surface area contributed by atoms with E-state index in [0.717, 1.165) is 19.4 Å². The van der Waals surface area contributed by atoms with Crippen LogP contribution in [0.5, 0.6) is 0 Å². The molecule has 1 aliphatic heterocycles. The van der Waals surface area contributed by atoms with E-state index in [4.69, 9.17) is 0 Å². The van der Waals surface area contributed by atoms with Crippen molar-refractivity contribution in [3.05, 3.63) is 75.8 Å². The average molecular weight is 404 g/mol. The predicted octanol–water partition coefficient (Wildman–Crippen LogP) is 4.20. The summed E-state index contributed by atoms with van der Waals surface area (Å²) >= 11 is 0. The van der Waals surface area contributed by atoms with Gasteiger partial charge in [0.1, 0.15) is 0 Å². The molecule has 3 rings (SSSR count). The van der Waals surface area contributed by atoms with Crippen LogP contribution < -0.4 is 0 Å². The number of nitro groups is 1. The first kappa shape index (κ1) is 21.9. The van der Waals surface area contributed by atoms with Gasteiger partial charge in [0.25, 0.3) is 5.69 Å². The van der Waals surface area contributed by atoms with Crippen molar-refractivity contribution >= 4 is 24.0 Å². The molecular formula is C21H26ClN3O3. The van der Waals surface area contributed by atoms with Crippen molar-refractivity contribution in [1.29, 1.82) is 0 Å². The van der Waals surface area contributed by atoms with E-state index in [-0.39, 0.29) is 36.6 Å². The summed E-state index contributed by atoms with van der Waals surface area (Å²) in [5.74, 6) is -0.0401. The fraction of sp³-hybridized carbons (Fsp3) is 0.381. The standard InChI is InChI=1S/C21H25N3O3.ClH/c1-16(23-13-7-12-20(23)18-9-4-3-5-10-18)22(2)21(25)15-17-8-6-11-19(14-17)24(26)27;/h3-6,8-11,14,16,20H,7,12-13,15H2,1-2H3;1H/t16-,20+;/m1./s1. The smallest absolute Gasteiger partial charge is 0.269 e. The molecule has 0 unspecified atom stereocenters. The summed E-state index contributed by atoms with van der Waals surface area (Å²) < 4.78 is 0. The number of hydrogen-bond acceptors (Lipinski definition) is 4. The van der Waals surface area contributed by atoms with Crippen molar-refractivity contribution in [2.45, 2.75) is 38.4 Å². The molecular weight excluding hydrogens is 378 g/mol. The molecule has 1 aliphatic rings. The minimum absolute atomic E-state index is 0. The lowest BCUT2D eigenvalue weighted by molar-refractivity contribution is -0.384. The second-order valence-electron chi connectivity index (χ2n) is 7.05. The van der Waals surface area contributed by atoms with Crippen LogP contribution >= 0.6 is 12.4 Å². The Morgan fingerprint density at radius 3 is 2.64 bits per heavy atom. The van der Waals surface area contributed by atoms with Gasteiger partial charge in [-0.2, -0.15) is 0 Å². The molecule has 0 aromatic heterocycles. The van der Waals surface area contributed by atoms with E-state index in [9.17, 15) is 14.9 Å². The minimum Gasteiger partial charge on any atom is -0.330 e. The summed E-state index contributed by atoms with van der Waals surface area (Å²) in [6.45, 7) is 3.00. The first-order valence-corrected chi connectivity index (χ1v) is 9.27. The van der Waals surface area contributed by atoms with E-state index < -0.39 is 4.92 Å². The molecule has 0 N–H and O–H groups in total. The van der Waals surface area contributed by atoms with E-state index in [0.29, 0.717) is 11.6 Å². The van der Waals surface area contributed by atoms with Crippen LogP contribution in [-0.4, -0.2) is 40.4 Å². The van der Waals surface area contributed by atoms with Crippen molar-refractivity contribution < 1.29 is 9.72 Å². The molecule has 0 bridgehead atoms. The Kier molecular flexibility index (Phi) is 7.54. The molecule has 0 radical (unpaired) electrons. The summed E-state index contributed by atoms with van der Waals surface area (Å²) in [7, 11) is 1.81. The first-order valence-electron chi connectivity index (χ1n) is 9.27. The van der Waals surface area contributed by atoms with Crippen molar-refractivity contribution in [3.63, 3.8) is 0 Å². The molecule has 0 aliphatic carbocycles. The number of amides is 1. The summed E-state index contributed by atoms with van der Waals surface area (Å²) in [5.41, 5.74) is 1.95. The van der Waals surface area contributed by atoms with Crippen LogP contribution in [-0.2, 0) is 11.2 Å². The fourth-order valence-corrected chi connectivity index (χ4v) is 3.78. The molecule has 7 heteroatoms. The van der Waals surface area contributed by atoms with E-state index in [2.05, 4.69) is 17.0 Å². The van der Waals surface area contributed by atoms with E-state index in [1.54, 1.807) is 17.0 Å². The Morgan fingerprint density at radius 1 is 1.25 bits per heavy atom. The van der Waals surface area contributed by atoms with Crippen LogP contribution in [0.1, 0.15) is 36.9 Å². The van der Waals surface area contributed by atoms with Crippen LogP contribution in [0.25, 0.3) is 0 Å². The SMILES string of the molecule is C[C@H](N(C)C(=O)Cc1cccc([N+](=O)[O-])c1)N1CCC[C@H]1c1ccccc1.Cl. The Hall–Kier alpha value is -2.44. The zero-order valence-corrected chi connectivity index (χ0v) is 17.0. The quantitative estimate of drug-likeness (QED) is 0.535. The fourth-order valence-electron chi connectivity index (χ4n) is 3.78. The molecule has 1 saturated heterocycles. The van der Waals surface area contributed by atoms with Crippen LogP contribution in [0.15, 0.2) is 54.6 Å². The topological polar surface area (TPSA) is 66.7 Å². The van der Waals surface area contributed by atoms with Crippen molar-refractivity contribution in [2.24, 2.45) is 0 Å². The highest BCUT2D eigenvalue weighted by Crippen LogP contribution is 2.34. The largest absolute Gasteiger partial charge is 0.330 e. The van der Waals surface area contributed by atoms with E-state index >= 15 is 0 Å². The van der Waals surface area contributed by atoms with Gasteiger partial charge in [-0.15, -0.1) is 12.4 Å². The van der Waals surface area contributed by atoms with Crippen LogP contribution in [0, 0.1) is 10.1 Å². The molecule has 1 fully saturated rings. The normalized spacial score (nSPS) is 17.6. The number of benzene rings is 2. The Balaban J connectivity index is 0.00000280. The van der Waals surface area contributed by atoms with Crippen LogP contribution in [0.4, 0.5) is 5.69 Å². The van der Waals surface area contributed by atoms with Gasteiger partial charge in [0.15, 0.2) is 0 Å². The molecule has 2 aromatic carbocycles. The third-order valence-electron chi connectivity index (χ3n) is 5.39. The zero-order chi connectivity index (χ0) is 19.4. The van der Waals surface area contributed by atoms with Crippen molar-refractivity contribution in [1.82, 2.24) is 9.80 Å². The predicted molar refractivity (Wildman–Crippen MR) is 111 cm³/mol. The number of likely N-dealkylation sites (N-methyl/N-ethyl adjacent to an activating group) is 1. The number of hydrogen-bond donors (Lipinski definition) is 0. The lowest BCUT2D eigenvalue weighted by Crippen LogP contribution is -2.47. The van der Waals surface area contributed by atoms with Gasteiger partial charge in [-0.1, -0.05) is 42.5 Å². The lowest BCUT2D eigenvalue weighted by atomic mass is 10.0. The summed E-state index contributed by atoms with van der Waals surface area (Å²) in [6.07, 6.45) is 2.31. The van der Waals surface area contributed by atoms with Crippen molar-refractivity contribution in [2.75, 3.05) is 13.6 Å². The van der Waals surface area contributed by atoms with Gasteiger partial charge in [-0.25, -0.2) is 0 Å². The van der Waals surface area contributed by atoms with Gasteiger partial charge >= 0.3 is 0 Å². The first-order chi connectivity index (χ1) is 13.0. The molecule has 1 amide bonds. The maximum atomic E-state index is 12.8. The molecule has 0 saturated carbocycles. The number of rotatable bonds is 6. The third-order valence-corrected chi connectivity index (χ3v) is 5.39. The number of carbonyl (C=O) groups excluding carboxylic acids is 1. The summed E-state index contributed by atoms with van der Waals surface area (Å²) in [6, 6.07) is 17.0. The maximum absolute atomic E-state index is 12.8. The monoisotopic (exact) mass is 403 g/mol. The van der Waals surface area contributed by atoms with Gasteiger partial charge in [-0.05, 0) is 30.9 Å². The second kappa shape index (κ2) is 9.66. The van der Waals surface area contributed by atoms with Gasteiger partial charge in [0.2, 0.25) is 5.91 Å². The van der Waals surface area contributed by atoms with E-state index in [1.165, 1.54) is 17.7 Å². The number of halogens is 1. The zero-order valence-electron chi connectivity index (χ0n) is 16.2.